The molecule has 0 unspecified atom stereocenters. The fraction of sp³-hybridized carbons (Fsp3) is 0.0714. The first kappa shape index (κ1) is 15.8. The highest BCUT2D eigenvalue weighted by molar-refractivity contribution is 7.87. The Labute approximate surface area is 132 Å². The standard InChI is InChI=1S/C14H10Cl2O4S/c1-9(17)10-5-7-11(8-6-10)20-21(18,19)13-4-2-3-12(15)14(13)16/h2-8H,1H3. The van der Waals surface area contributed by atoms with Crippen molar-refractivity contribution in [2.24, 2.45) is 0 Å². The van der Waals surface area contributed by atoms with Crippen molar-refractivity contribution in [1.29, 1.82) is 0 Å². The number of hydrogen-bond acceptors (Lipinski definition) is 4. The van der Waals surface area contributed by atoms with Gasteiger partial charge in [-0.1, -0.05) is 29.3 Å². The molecule has 0 saturated carbocycles. The van der Waals surface area contributed by atoms with Crippen LogP contribution in [0, 0.1) is 0 Å². The SMILES string of the molecule is CC(=O)c1ccc(OS(=O)(=O)c2cccc(Cl)c2Cl)cc1. The zero-order valence-electron chi connectivity index (χ0n) is 10.8. The molecule has 0 aromatic heterocycles. The van der Waals surface area contributed by atoms with Gasteiger partial charge in [-0.15, -0.1) is 0 Å². The number of rotatable bonds is 4. The van der Waals surface area contributed by atoms with Gasteiger partial charge in [0.2, 0.25) is 0 Å². The number of hydrogen-bond donors (Lipinski definition) is 0. The molecule has 21 heavy (non-hydrogen) atoms. The molecule has 7 heteroatoms. The molecule has 0 amide bonds. The molecule has 0 heterocycles. The van der Waals surface area contributed by atoms with E-state index in [-0.39, 0.29) is 26.5 Å². The number of halogens is 2. The second-order valence-electron chi connectivity index (χ2n) is 4.17. The molecule has 0 aliphatic rings. The van der Waals surface area contributed by atoms with Crippen LogP contribution in [-0.4, -0.2) is 14.2 Å². The summed E-state index contributed by atoms with van der Waals surface area (Å²) < 4.78 is 29.3. The highest BCUT2D eigenvalue weighted by Gasteiger charge is 2.21. The molecule has 0 atom stereocenters. The van der Waals surface area contributed by atoms with Crippen LogP contribution in [0.25, 0.3) is 0 Å². The van der Waals surface area contributed by atoms with Gasteiger partial charge in [0.15, 0.2) is 5.78 Å². The largest absolute Gasteiger partial charge is 0.379 e. The van der Waals surface area contributed by atoms with Gasteiger partial charge in [-0.25, -0.2) is 0 Å². The van der Waals surface area contributed by atoms with Crippen molar-refractivity contribution in [3.8, 4) is 5.75 Å². The van der Waals surface area contributed by atoms with Gasteiger partial charge in [0.05, 0.1) is 10.0 Å². The van der Waals surface area contributed by atoms with E-state index in [1.165, 1.54) is 49.4 Å². The topological polar surface area (TPSA) is 60.4 Å². The molecule has 0 saturated heterocycles. The van der Waals surface area contributed by atoms with E-state index in [1.807, 2.05) is 0 Å². The third-order valence-electron chi connectivity index (χ3n) is 2.65. The maximum atomic E-state index is 12.2. The second-order valence-corrected chi connectivity index (χ2v) is 6.47. The molecule has 4 nitrogen and oxygen atoms in total. The van der Waals surface area contributed by atoms with E-state index in [4.69, 9.17) is 27.4 Å². The van der Waals surface area contributed by atoms with Crippen molar-refractivity contribution >= 4 is 39.1 Å². The second kappa shape index (κ2) is 6.05. The predicted molar refractivity (Wildman–Crippen MR) is 80.7 cm³/mol. The van der Waals surface area contributed by atoms with E-state index in [9.17, 15) is 13.2 Å². The van der Waals surface area contributed by atoms with E-state index >= 15 is 0 Å². The van der Waals surface area contributed by atoms with E-state index < -0.39 is 10.1 Å². The van der Waals surface area contributed by atoms with Gasteiger partial charge in [0.1, 0.15) is 10.6 Å². The molecule has 2 aromatic carbocycles. The lowest BCUT2D eigenvalue weighted by atomic mass is 10.1. The van der Waals surface area contributed by atoms with Crippen LogP contribution in [-0.2, 0) is 10.1 Å². The van der Waals surface area contributed by atoms with Gasteiger partial charge < -0.3 is 4.18 Å². The Balaban J connectivity index is 2.33. The molecule has 0 bridgehead atoms. The molecule has 0 spiro atoms. The van der Waals surface area contributed by atoms with Gasteiger partial charge in [-0.2, -0.15) is 8.42 Å². The first-order chi connectivity index (χ1) is 9.81. The number of carbonyl (C=O) groups excluding carboxylic acids is 1. The van der Waals surface area contributed by atoms with Crippen LogP contribution < -0.4 is 4.18 Å². The van der Waals surface area contributed by atoms with E-state index in [0.717, 1.165) is 0 Å². The molecular formula is C14H10Cl2O4S. The molecule has 110 valence electrons. The summed E-state index contributed by atoms with van der Waals surface area (Å²) in [5.74, 6) is -0.0432. The first-order valence-corrected chi connectivity index (χ1v) is 7.97. The fourth-order valence-corrected chi connectivity index (χ4v) is 3.26. The van der Waals surface area contributed by atoms with Crippen LogP contribution in [0.15, 0.2) is 47.4 Å². The average molecular weight is 345 g/mol. The zero-order valence-corrected chi connectivity index (χ0v) is 13.2. The number of Topliss-reactive ketones (excluding diaryl/α,β-unsaturated/α-hetero) is 1. The predicted octanol–water partition coefficient (Wildman–Crippen LogP) is 3.96. The van der Waals surface area contributed by atoms with Gasteiger partial charge in [-0.3, -0.25) is 4.79 Å². The van der Waals surface area contributed by atoms with E-state index in [1.54, 1.807) is 0 Å². The van der Waals surface area contributed by atoms with Crippen molar-refractivity contribution in [2.45, 2.75) is 11.8 Å². The summed E-state index contributed by atoms with van der Waals surface area (Å²) in [4.78, 5) is 10.9. The van der Waals surface area contributed by atoms with Gasteiger partial charge in [0.25, 0.3) is 0 Å². The summed E-state index contributed by atoms with van der Waals surface area (Å²) in [6.07, 6.45) is 0. The Bertz CT molecular complexity index is 783. The molecule has 0 radical (unpaired) electrons. The Hall–Kier alpha value is -1.56. The van der Waals surface area contributed by atoms with Crippen molar-refractivity contribution in [3.05, 3.63) is 58.1 Å². The summed E-state index contributed by atoms with van der Waals surface area (Å²) >= 11 is 11.7. The van der Waals surface area contributed by atoms with Crippen LogP contribution >= 0.6 is 23.2 Å². The van der Waals surface area contributed by atoms with Gasteiger partial charge >= 0.3 is 10.1 Å². The zero-order chi connectivity index (χ0) is 15.6. The lowest BCUT2D eigenvalue weighted by Gasteiger charge is -2.09. The number of carbonyl (C=O) groups is 1. The lowest BCUT2D eigenvalue weighted by Crippen LogP contribution is -2.10. The average Bonchev–Trinajstić information content (AvgIpc) is 2.41. The van der Waals surface area contributed by atoms with Crippen molar-refractivity contribution in [1.82, 2.24) is 0 Å². The summed E-state index contributed by atoms with van der Waals surface area (Å²) in [5, 5.41) is 0.0211. The fourth-order valence-electron chi connectivity index (χ4n) is 1.59. The van der Waals surface area contributed by atoms with Gasteiger partial charge in [-0.05, 0) is 43.3 Å². The van der Waals surface area contributed by atoms with Gasteiger partial charge in [0, 0.05) is 5.56 Å². The minimum Gasteiger partial charge on any atom is -0.379 e. The van der Waals surface area contributed by atoms with Crippen molar-refractivity contribution in [3.63, 3.8) is 0 Å². The van der Waals surface area contributed by atoms with Crippen LogP contribution in [0.1, 0.15) is 17.3 Å². The summed E-state index contributed by atoms with van der Waals surface area (Å²) in [5.41, 5.74) is 0.459. The molecular weight excluding hydrogens is 335 g/mol. The Morgan fingerprint density at radius 1 is 1.05 bits per heavy atom. The molecule has 0 N–H and O–H groups in total. The monoisotopic (exact) mass is 344 g/mol. The van der Waals surface area contributed by atoms with E-state index in [0.29, 0.717) is 5.56 Å². The Morgan fingerprint density at radius 2 is 1.67 bits per heavy atom. The number of ketones is 1. The van der Waals surface area contributed by atoms with Crippen molar-refractivity contribution < 1.29 is 17.4 Å². The first-order valence-electron chi connectivity index (χ1n) is 5.81. The minimum absolute atomic E-state index is 0.0797. The summed E-state index contributed by atoms with van der Waals surface area (Å²) in [6, 6.07) is 9.99. The molecule has 2 aromatic rings. The van der Waals surface area contributed by atoms with Crippen LogP contribution in [0.2, 0.25) is 10.0 Å². The van der Waals surface area contributed by atoms with Crippen LogP contribution in [0.3, 0.4) is 0 Å². The molecule has 2 rings (SSSR count). The normalized spacial score (nSPS) is 11.2. The minimum atomic E-state index is -4.10. The highest BCUT2D eigenvalue weighted by atomic mass is 35.5. The van der Waals surface area contributed by atoms with E-state index in [2.05, 4.69) is 0 Å². The highest BCUT2D eigenvalue weighted by Crippen LogP contribution is 2.30. The molecule has 0 aliphatic heterocycles. The molecule has 0 aliphatic carbocycles. The lowest BCUT2D eigenvalue weighted by molar-refractivity contribution is 0.101. The van der Waals surface area contributed by atoms with Crippen molar-refractivity contribution in [2.75, 3.05) is 0 Å². The molecule has 0 fully saturated rings. The maximum Gasteiger partial charge on any atom is 0.340 e. The Kier molecular flexibility index (Phi) is 4.56. The third kappa shape index (κ3) is 3.56. The maximum absolute atomic E-state index is 12.2. The summed E-state index contributed by atoms with van der Waals surface area (Å²) in [7, 11) is -4.10. The summed E-state index contributed by atoms with van der Waals surface area (Å²) in [6.45, 7) is 1.42. The van der Waals surface area contributed by atoms with Crippen LogP contribution in [0.4, 0.5) is 0 Å². The third-order valence-corrected chi connectivity index (χ3v) is 4.87. The quantitative estimate of drug-likeness (QED) is 0.622. The Morgan fingerprint density at radius 3 is 2.24 bits per heavy atom. The number of benzene rings is 2. The van der Waals surface area contributed by atoms with Crippen LogP contribution in [0.5, 0.6) is 5.75 Å². The smallest absolute Gasteiger partial charge is 0.340 e.